The first-order valence-corrected chi connectivity index (χ1v) is 15.7. The summed E-state index contributed by atoms with van der Waals surface area (Å²) in [7, 11) is 0. The summed E-state index contributed by atoms with van der Waals surface area (Å²) in [4.78, 5) is 26.5. The molecule has 0 saturated heterocycles. The minimum atomic E-state index is -2.25. The molecule has 3 fully saturated rings. The predicted molar refractivity (Wildman–Crippen MR) is 150 cm³/mol. The van der Waals surface area contributed by atoms with Crippen LogP contribution in [0.25, 0.3) is 0 Å². The lowest BCUT2D eigenvalue weighted by Crippen LogP contribution is -2.68. The Labute approximate surface area is 241 Å². The highest BCUT2D eigenvalue weighted by Gasteiger charge is 2.73. The second-order valence-corrected chi connectivity index (χ2v) is 14.1. The fourth-order valence-electron chi connectivity index (χ4n) is 8.32. The number of benzene rings is 1. The fourth-order valence-corrected chi connectivity index (χ4v) is 9.95. The molecule has 2 N–H and O–H groups in total. The van der Waals surface area contributed by atoms with E-state index in [9.17, 15) is 24.3 Å². The molecule has 0 heterocycles. The lowest BCUT2D eigenvalue weighted by molar-refractivity contribution is -0.201. The van der Waals surface area contributed by atoms with Crippen LogP contribution in [-0.2, 0) is 9.59 Å². The van der Waals surface area contributed by atoms with E-state index in [2.05, 4.69) is 0 Å². The first-order valence-electron chi connectivity index (χ1n) is 13.8. The quantitative estimate of drug-likeness (QED) is 0.290. The van der Waals surface area contributed by atoms with Gasteiger partial charge in [0.2, 0.25) is 0 Å². The standard InChI is InChI=1S/C30H36F3NO4S2/c1-28-15-25(36)30(33)22(14-24(32)23-13-19(35)8-9-29(23,30)2)21(28)12-18(26(28)27(37)40-17-31)16-34(38)10-11-39-20-6-4-3-5-7-20/h3-9,13,18,21-22,24-26,36,38H,10-12,14-17H2,1-2H3/t18-,21?,22-,24-,25-,26+,28-,29-,30-/m0/s1. The number of hydrogen-bond acceptors (Lipinski definition) is 7. The molecule has 5 rings (SSSR count). The minimum absolute atomic E-state index is 0.0500. The van der Waals surface area contributed by atoms with Crippen LogP contribution in [0.15, 0.2) is 59.0 Å². The lowest BCUT2D eigenvalue weighted by atomic mass is 9.45. The Balaban J connectivity index is 1.42. The van der Waals surface area contributed by atoms with E-state index in [-0.39, 0.29) is 30.1 Å². The fraction of sp³-hybridized carbons (Fsp3) is 0.600. The van der Waals surface area contributed by atoms with Crippen molar-refractivity contribution in [3.63, 3.8) is 0 Å². The van der Waals surface area contributed by atoms with Gasteiger partial charge in [-0.05, 0) is 73.3 Å². The molecule has 40 heavy (non-hydrogen) atoms. The van der Waals surface area contributed by atoms with Crippen molar-refractivity contribution in [2.75, 3.05) is 24.8 Å². The molecular weight excluding hydrogens is 559 g/mol. The number of fused-ring (bicyclic) bond motifs is 5. The van der Waals surface area contributed by atoms with Crippen molar-refractivity contribution in [2.45, 2.75) is 55.9 Å². The Bertz CT molecular complexity index is 1200. The Morgan fingerprint density at radius 2 is 1.90 bits per heavy atom. The van der Waals surface area contributed by atoms with Crippen LogP contribution in [0.5, 0.6) is 0 Å². The van der Waals surface area contributed by atoms with Gasteiger partial charge in [-0.2, -0.15) is 5.06 Å². The summed E-state index contributed by atoms with van der Waals surface area (Å²) in [5, 5.41) is 23.1. The van der Waals surface area contributed by atoms with Gasteiger partial charge in [-0.1, -0.05) is 43.0 Å². The highest BCUT2D eigenvalue weighted by atomic mass is 32.2. The van der Waals surface area contributed by atoms with E-state index in [4.69, 9.17) is 0 Å². The van der Waals surface area contributed by atoms with Gasteiger partial charge >= 0.3 is 0 Å². The van der Waals surface area contributed by atoms with Crippen LogP contribution in [0.1, 0.15) is 33.1 Å². The topological polar surface area (TPSA) is 77.8 Å². The SMILES string of the molecule is C[C@]12C[C@H](O)[C@@]3(F)[C@@H](C[C@H](F)C4=CC(=O)C=C[C@@]43C)C1C[C@@H](CN(O)CCSc1ccccc1)[C@@H]2C(=O)SCF. The number of nitrogens with zero attached hydrogens (tertiary/aromatic N) is 1. The molecule has 5 nitrogen and oxygen atoms in total. The smallest absolute Gasteiger partial charge is 0.195 e. The second kappa shape index (κ2) is 11.2. The van der Waals surface area contributed by atoms with Crippen LogP contribution in [0.3, 0.4) is 0 Å². The highest BCUT2D eigenvalue weighted by molar-refractivity contribution is 8.13. The summed E-state index contributed by atoms with van der Waals surface area (Å²) >= 11 is 2.14. The zero-order chi connectivity index (χ0) is 28.9. The summed E-state index contributed by atoms with van der Waals surface area (Å²) in [6, 6.07) is 8.85. The van der Waals surface area contributed by atoms with E-state index in [1.807, 2.05) is 37.3 Å². The van der Waals surface area contributed by atoms with E-state index in [0.717, 1.165) is 16.0 Å². The van der Waals surface area contributed by atoms with Crippen LogP contribution in [-0.4, -0.2) is 69.1 Å². The van der Waals surface area contributed by atoms with E-state index < -0.39 is 64.2 Å². The van der Waals surface area contributed by atoms with Gasteiger partial charge in [-0.3, -0.25) is 9.59 Å². The zero-order valence-electron chi connectivity index (χ0n) is 22.6. The number of aliphatic hydroxyl groups is 1. The molecule has 218 valence electrons. The number of alkyl halides is 3. The summed E-state index contributed by atoms with van der Waals surface area (Å²) in [5.74, 6) is -2.37. The number of allylic oxidation sites excluding steroid dienone is 4. The summed E-state index contributed by atoms with van der Waals surface area (Å²) in [6.45, 7) is 3.82. The number of hydrogen-bond donors (Lipinski definition) is 2. The van der Waals surface area contributed by atoms with Gasteiger partial charge in [-0.25, -0.2) is 13.2 Å². The number of aliphatic hydroxyl groups excluding tert-OH is 1. The van der Waals surface area contributed by atoms with Crippen LogP contribution >= 0.6 is 23.5 Å². The van der Waals surface area contributed by atoms with Gasteiger partial charge in [0.25, 0.3) is 0 Å². The van der Waals surface area contributed by atoms with Gasteiger partial charge in [-0.15, -0.1) is 11.8 Å². The third-order valence-electron chi connectivity index (χ3n) is 10.1. The van der Waals surface area contributed by atoms with Crippen molar-refractivity contribution in [1.82, 2.24) is 5.06 Å². The van der Waals surface area contributed by atoms with Crippen molar-refractivity contribution in [3.8, 4) is 0 Å². The average molecular weight is 596 g/mol. The molecule has 1 aromatic carbocycles. The predicted octanol–water partition coefficient (Wildman–Crippen LogP) is 5.82. The molecular formula is C30H36F3NO4S2. The maximum Gasteiger partial charge on any atom is 0.195 e. The maximum atomic E-state index is 17.4. The van der Waals surface area contributed by atoms with Crippen molar-refractivity contribution in [1.29, 1.82) is 0 Å². The number of ketones is 1. The van der Waals surface area contributed by atoms with E-state index >= 15 is 8.78 Å². The van der Waals surface area contributed by atoms with Crippen LogP contribution in [0.4, 0.5) is 13.2 Å². The normalized spacial score (nSPS) is 40.4. The van der Waals surface area contributed by atoms with Gasteiger partial charge in [0.05, 0.1) is 6.10 Å². The highest BCUT2D eigenvalue weighted by Crippen LogP contribution is 2.70. The number of carbonyl (C=O) groups is 2. The van der Waals surface area contributed by atoms with Crippen LogP contribution in [0.2, 0.25) is 0 Å². The Morgan fingerprint density at radius 1 is 1.18 bits per heavy atom. The molecule has 0 spiro atoms. The molecule has 9 atom stereocenters. The molecule has 1 aromatic rings. The third-order valence-corrected chi connectivity index (χ3v) is 11.7. The van der Waals surface area contributed by atoms with E-state index in [0.29, 0.717) is 30.5 Å². The van der Waals surface area contributed by atoms with Crippen molar-refractivity contribution >= 4 is 34.4 Å². The summed E-state index contributed by atoms with van der Waals surface area (Å²) < 4.78 is 46.4. The Morgan fingerprint density at radius 3 is 2.60 bits per heavy atom. The molecule has 0 aromatic heterocycles. The van der Waals surface area contributed by atoms with Crippen molar-refractivity contribution in [3.05, 3.63) is 54.1 Å². The molecule has 0 bridgehead atoms. The molecule has 10 heteroatoms. The Kier molecular flexibility index (Phi) is 8.40. The van der Waals surface area contributed by atoms with Crippen molar-refractivity contribution < 1.29 is 33.1 Å². The first kappa shape index (κ1) is 29.9. The molecule has 3 saturated carbocycles. The number of carbonyl (C=O) groups excluding carboxylic acids is 2. The van der Waals surface area contributed by atoms with E-state index in [1.54, 1.807) is 18.7 Å². The monoisotopic (exact) mass is 595 g/mol. The third kappa shape index (κ3) is 4.81. The van der Waals surface area contributed by atoms with Crippen LogP contribution < -0.4 is 0 Å². The zero-order valence-corrected chi connectivity index (χ0v) is 24.3. The average Bonchev–Trinajstić information content (AvgIpc) is 3.19. The van der Waals surface area contributed by atoms with E-state index in [1.165, 1.54) is 12.2 Å². The second-order valence-electron chi connectivity index (χ2n) is 12.1. The molecule has 0 amide bonds. The van der Waals surface area contributed by atoms with Crippen LogP contribution in [0, 0.1) is 34.5 Å². The largest absolute Gasteiger partial charge is 0.390 e. The molecule has 0 aliphatic heterocycles. The van der Waals surface area contributed by atoms with Gasteiger partial charge < -0.3 is 10.3 Å². The molecule has 4 aliphatic rings. The van der Waals surface area contributed by atoms with Crippen molar-refractivity contribution in [2.24, 2.45) is 34.5 Å². The lowest BCUT2D eigenvalue weighted by Gasteiger charge is -2.62. The minimum Gasteiger partial charge on any atom is -0.390 e. The Hall–Kier alpha value is -1.59. The number of thioether (sulfide) groups is 2. The van der Waals surface area contributed by atoms with Gasteiger partial charge in [0.1, 0.15) is 12.2 Å². The first-order chi connectivity index (χ1) is 19.0. The number of rotatable bonds is 8. The number of hydroxylamine groups is 2. The number of halogens is 3. The maximum absolute atomic E-state index is 17.4. The van der Waals surface area contributed by atoms with Gasteiger partial charge in [0, 0.05) is 41.0 Å². The summed E-state index contributed by atoms with van der Waals surface area (Å²) in [5.41, 5.74) is -4.61. The van der Waals surface area contributed by atoms with Gasteiger partial charge in [0.15, 0.2) is 16.6 Å². The molecule has 1 unspecified atom stereocenters. The molecule has 4 aliphatic carbocycles. The summed E-state index contributed by atoms with van der Waals surface area (Å²) in [6.07, 6.45) is 0.771. The molecule has 0 radical (unpaired) electrons.